The average Bonchev–Trinajstić information content (AvgIpc) is 2.37. The Kier molecular flexibility index (Phi) is 6.09. The minimum Gasteiger partial charge on any atom is -0.494 e. The maximum atomic E-state index is 12.7. The van der Waals surface area contributed by atoms with Gasteiger partial charge in [-0.3, -0.25) is 0 Å². The second-order valence-electron chi connectivity index (χ2n) is 4.66. The van der Waals surface area contributed by atoms with Gasteiger partial charge in [-0.2, -0.15) is 0 Å². The number of likely N-dealkylation sites (N-methyl/N-ethyl adjacent to an activating group) is 1. The highest BCUT2D eigenvalue weighted by molar-refractivity contribution is 5.21. The molecule has 0 saturated carbocycles. The monoisotopic (exact) mass is 255 g/mol. The molecule has 0 aromatic heterocycles. The van der Waals surface area contributed by atoms with Gasteiger partial charge in [0.05, 0.1) is 13.2 Å². The molecule has 0 heterocycles. The van der Waals surface area contributed by atoms with Crippen molar-refractivity contribution in [2.24, 2.45) is 0 Å². The summed E-state index contributed by atoms with van der Waals surface area (Å²) in [7, 11) is 0. The second-order valence-corrected chi connectivity index (χ2v) is 4.66. The van der Waals surface area contributed by atoms with Crippen molar-refractivity contribution in [3.8, 4) is 5.75 Å². The number of rotatable bonds is 8. The predicted molar refractivity (Wildman–Crippen MR) is 70.3 cm³/mol. The Labute approximate surface area is 108 Å². The molecule has 0 saturated heterocycles. The van der Waals surface area contributed by atoms with Crippen LogP contribution >= 0.6 is 0 Å². The molecule has 0 aliphatic heterocycles. The van der Waals surface area contributed by atoms with Gasteiger partial charge in [0.25, 0.3) is 0 Å². The van der Waals surface area contributed by atoms with Gasteiger partial charge in [-0.25, -0.2) is 4.39 Å². The molecule has 0 aliphatic carbocycles. The standard InChI is InChI=1S/C14H22FNO2/c1-3-16-14(2,11-17)9-4-10-18-13-7-5-12(15)6-8-13/h5-8,16-17H,3-4,9-11H2,1-2H3. The summed E-state index contributed by atoms with van der Waals surface area (Å²) >= 11 is 0. The number of aliphatic hydroxyl groups excluding tert-OH is 1. The van der Waals surface area contributed by atoms with Gasteiger partial charge >= 0.3 is 0 Å². The highest BCUT2D eigenvalue weighted by Crippen LogP contribution is 2.14. The minimum atomic E-state index is -0.262. The van der Waals surface area contributed by atoms with Crippen molar-refractivity contribution in [3.05, 3.63) is 30.1 Å². The zero-order chi connectivity index (χ0) is 13.4. The number of nitrogens with one attached hydrogen (secondary N) is 1. The van der Waals surface area contributed by atoms with Gasteiger partial charge in [0, 0.05) is 5.54 Å². The number of hydrogen-bond donors (Lipinski definition) is 2. The van der Waals surface area contributed by atoms with Crippen LogP contribution in [0.5, 0.6) is 5.75 Å². The fraction of sp³-hybridized carbons (Fsp3) is 0.571. The van der Waals surface area contributed by atoms with Gasteiger partial charge in [0.1, 0.15) is 11.6 Å². The predicted octanol–water partition coefficient (Wildman–Crippen LogP) is 2.35. The van der Waals surface area contributed by atoms with Crippen LogP contribution in [-0.2, 0) is 0 Å². The number of benzene rings is 1. The molecule has 1 unspecified atom stereocenters. The molecular formula is C14H22FNO2. The number of halogens is 1. The first-order chi connectivity index (χ1) is 8.59. The molecule has 3 nitrogen and oxygen atoms in total. The van der Waals surface area contributed by atoms with E-state index in [9.17, 15) is 9.50 Å². The molecule has 0 spiro atoms. The van der Waals surface area contributed by atoms with E-state index < -0.39 is 0 Å². The molecule has 1 rings (SSSR count). The van der Waals surface area contributed by atoms with E-state index >= 15 is 0 Å². The van der Waals surface area contributed by atoms with Crippen LogP contribution in [0.25, 0.3) is 0 Å². The smallest absolute Gasteiger partial charge is 0.123 e. The molecule has 0 aliphatic rings. The third-order valence-electron chi connectivity index (χ3n) is 2.91. The molecule has 102 valence electrons. The van der Waals surface area contributed by atoms with E-state index in [0.29, 0.717) is 12.4 Å². The Bertz CT molecular complexity index is 342. The van der Waals surface area contributed by atoms with Crippen LogP contribution in [0.1, 0.15) is 26.7 Å². The molecule has 0 fully saturated rings. The molecule has 1 aromatic rings. The zero-order valence-corrected chi connectivity index (χ0v) is 11.1. The van der Waals surface area contributed by atoms with Crippen molar-refractivity contribution < 1.29 is 14.2 Å². The number of ether oxygens (including phenoxy) is 1. The van der Waals surface area contributed by atoms with E-state index in [1.807, 2.05) is 13.8 Å². The third-order valence-corrected chi connectivity index (χ3v) is 2.91. The first kappa shape index (κ1) is 14.9. The van der Waals surface area contributed by atoms with Crippen molar-refractivity contribution in [2.75, 3.05) is 19.8 Å². The lowest BCUT2D eigenvalue weighted by Gasteiger charge is -2.28. The van der Waals surface area contributed by atoms with Crippen molar-refractivity contribution in [1.29, 1.82) is 0 Å². The summed E-state index contributed by atoms with van der Waals surface area (Å²) in [5.74, 6) is 0.410. The molecular weight excluding hydrogens is 233 g/mol. The lowest BCUT2D eigenvalue weighted by molar-refractivity contribution is 0.158. The van der Waals surface area contributed by atoms with Crippen molar-refractivity contribution in [1.82, 2.24) is 5.32 Å². The molecule has 1 aromatic carbocycles. The van der Waals surface area contributed by atoms with Crippen molar-refractivity contribution in [3.63, 3.8) is 0 Å². The molecule has 18 heavy (non-hydrogen) atoms. The number of hydrogen-bond acceptors (Lipinski definition) is 3. The Hall–Kier alpha value is -1.13. The van der Waals surface area contributed by atoms with Gasteiger partial charge < -0.3 is 15.2 Å². The summed E-state index contributed by atoms with van der Waals surface area (Å²) in [6, 6.07) is 5.99. The lowest BCUT2D eigenvalue weighted by atomic mass is 9.97. The molecule has 1 atom stereocenters. The van der Waals surface area contributed by atoms with Gasteiger partial charge in [-0.1, -0.05) is 6.92 Å². The minimum absolute atomic E-state index is 0.109. The maximum absolute atomic E-state index is 12.7. The van der Waals surface area contributed by atoms with Crippen LogP contribution in [-0.4, -0.2) is 30.4 Å². The fourth-order valence-corrected chi connectivity index (χ4v) is 1.83. The normalized spacial score (nSPS) is 14.2. The Balaban J connectivity index is 2.27. The molecule has 4 heteroatoms. The summed E-state index contributed by atoms with van der Waals surface area (Å²) in [4.78, 5) is 0. The van der Waals surface area contributed by atoms with Crippen LogP contribution < -0.4 is 10.1 Å². The SMILES string of the molecule is CCNC(C)(CO)CCCOc1ccc(F)cc1. The van der Waals surface area contributed by atoms with Gasteiger partial charge in [0.15, 0.2) is 0 Å². The number of aliphatic hydroxyl groups is 1. The van der Waals surface area contributed by atoms with Gasteiger partial charge in [-0.05, 0) is 50.6 Å². The van der Waals surface area contributed by atoms with Crippen LogP contribution in [0, 0.1) is 5.82 Å². The molecule has 2 N–H and O–H groups in total. The maximum Gasteiger partial charge on any atom is 0.123 e. The van der Waals surface area contributed by atoms with Crippen LogP contribution in [0.3, 0.4) is 0 Å². The second kappa shape index (κ2) is 7.34. The van der Waals surface area contributed by atoms with E-state index in [4.69, 9.17) is 4.74 Å². The lowest BCUT2D eigenvalue weighted by Crippen LogP contribution is -2.45. The first-order valence-corrected chi connectivity index (χ1v) is 6.34. The molecule has 0 radical (unpaired) electrons. The molecule has 0 amide bonds. The summed E-state index contributed by atoms with van der Waals surface area (Å²) in [5, 5.41) is 12.6. The highest BCUT2D eigenvalue weighted by Gasteiger charge is 2.20. The first-order valence-electron chi connectivity index (χ1n) is 6.34. The topological polar surface area (TPSA) is 41.5 Å². The summed E-state index contributed by atoms with van der Waals surface area (Å²) in [6.45, 7) is 5.51. The Morgan fingerprint density at radius 3 is 2.56 bits per heavy atom. The largest absolute Gasteiger partial charge is 0.494 e. The summed E-state index contributed by atoms with van der Waals surface area (Å²) in [6.07, 6.45) is 1.67. The van der Waals surface area contributed by atoms with E-state index in [-0.39, 0.29) is 18.0 Å². The van der Waals surface area contributed by atoms with Crippen molar-refractivity contribution in [2.45, 2.75) is 32.2 Å². The summed E-state index contributed by atoms with van der Waals surface area (Å²) < 4.78 is 18.2. The zero-order valence-electron chi connectivity index (χ0n) is 11.1. The van der Waals surface area contributed by atoms with Gasteiger partial charge in [-0.15, -0.1) is 0 Å². The third kappa shape index (κ3) is 5.02. The average molecular weight is 255 g/mol. The van der Waals surface area contributed by atoms with Gasteiger partial charge in [0.2, 0.25) is 0 Å². The van der Waals surface area contributed by atoms with E-state index in [0.717, 1.165) is 19.4 Å². The van der Waals surface area contributed by atoms with E-state index in [2.05, 4.69) is 5.32 Å². The Morgan fingerprint density at radius 2 is 2.00 bits per heavy atom. The fourth-order valence-electron chi connectivity index (χ4n) is 1.83. The highest BCUT2D eigenvalue weighted by atomic mass is 19.1. The van der Waals surface area contributed by atoms with Crippen LogP contribution in [0.2, 0.25) is 0 Å². The van der Waals surface area contributed by atoms with Crippen LogP contribution in [0.15, 0.2) is 24.3 Å². The Morgan fingerprint density at radius 1 is 1.33 bits per heavy atom. The summed E-state index contributed by atoms with van der Waals surface area (Å²) in [5.41, 5.74) is -0.249. The van der Waals surface area contributed by atoms with E-state index in [1.165, 1.54) is 12.1 Å². The quantitative estimate of drug-likeness (QED) is 0.701. The van der Waals surface area contributed by atoms with Crippen molar-refractivity contribution >= 4 is 0 Å². The van der Waals surface area contributed by atoms with Crippen LogP contribution in [0.4, 0.5) is 4.39 Å². The molecule has 0 bridgehead atoms. The van der Waals surface area contributed by atoms with E-state index in [1.54, 1.807) is 12.1 Å².